The zero-order valence-electron chi connectivity index (χ0n) is 8.77. The minimum atomic E-state index is -1.07. The molecule has 14 heavy (non-hydrogen) atoms. The van der Waals surface area contributed by atoms with Gasteiger partial charge in [-0.3, -0.25) is 4.79 Å². The van der Waals surface area contributed by atoms with Crippen LogP contribution in [0.2, 0.25) is 0 Å². The van der Waals surface area contributed by atoms with Crippen molar-refractivity contribution in [3.05, 3.63) is 12.2 Å². The maximum absolute atomic E-state index is 10.6. The first-order valence-electron chi connectivity index (χ1n) is 4.53. The van der Waals surface area contributed by atoms with Crippen LogP contribution in [0, 0.1) is 11.8 Å². The van der Waals surface area contributed by atoms with Crippen LogP contribution < -0.4 is 0 Å². The molecule has 0 unspecified atom stereocenters. The smallest absolute Gasteiger partial charge is 0.308 e. The van der Waals surface area contributed by atoms with Gasteiger partial charge in [-0.1, -0.05) is 19.1 Å². The molecule has 4 nitrogen and oxygen atoms in total. The first-order chi connectivity index (χ1) is 6.29. The molecule has 0 aliphatic rings. The summed E-state index contributed by atoms with van der Waals surface area (Å²) in [6.45, 7) is 8.20. The monoisotopic (exact) mass is 202 g/mol. The van der Waals surface area contributed by atoms with Crippen LogP contribution in [0.25, 0.3) is 0 Å². The molecule has 0 radical (unpaired) electrons. The highest BCUT2D eigenvalue weighted by atomic mass is 16.4. The molecule has 0 bridgehead atoms. The molecule has 0 aromatic rings. The summed E-state index contributed by atoms with van der Waals surface area (Å²) in [6.07, 6.45) is -1.94. The molecule has 0 rings (SSSR count). The van der Waals surface area contributed by atoms with E-state index in [0.29, 0.717) is 5.57 Å². The van der Waals surface area contributed by atoms with Gasteiger partial charge in [-0.05, 0) is 13.8 Å². The van der Waals surface area contributed by atoms with Crippen LogP contribution in [0.15, 0.2) is 12.2 Å². The molecule has 0 aliphatic heterocycles. The highest BCUT2D eigenvalue weighted by molar-refractivity contribution is 5.70. The molecule has 0 saturated carbocycles. The van der Waals surface area contributed by atoms with E-state index in [0.717, 1.165) is 0 Å². The average molecular weight is 202 g/mol. The fraction of sp³-hybridized carbons (Fsp3) is 0.700. The third-order valence-electron chi connectivity index (χ3n) is 2.44. The Kier molecular flexibility index (Phi) is 4.80. The van der Waals surface area contributed by atoms with Gasteiger partial charge in [-0.15, -0.1) is 0 Å². The summed E-state index contributed by atoms with van der Waals surface area (Å²) < 4.78 is 0. The van der Waals surface area contributed by atoms with E-state index in [1.54, 1.807) is 13.8 Å². The van der Waals surface area contributed by atoms with Crippen molar-refractivity contribution >= 4 is 5.97 Å². The van der Waals surface area contributed by atoms with E-state index in [1.807, 2.05) is 0 Å². The zero-order valence-corrected chi connectivity index (χ0v) is 8.77. The van der Waals surface area contributed by atoms with Crippen LogP contribution in [0.4, 0.5) is 0 Å². The van der Waals surface area contributed by atoms with Crippen molar-refractivity contribution in [1.29, 1.82) is 0 Å². The molecule has 0 aliphatic carbocycles. The first-order valence-corrected chi connectivity index (χ1v) is 4.53. The van der Waals surface area contributed by atoms with Crippen LogP contribution in [0.1, 0.15) is 20.8 Å². The van der Waals surface area contributed by atoms with Gasteiger partial charge in [0.25, 0.3) is 0 Å². The summed E-state index contributed by atoms with van der Waals surface area (Å²) >= 11 is 0. The Morgan fingerprint density at radius 1 is 1.29 bits per heavy atom. The van der Waals surface area contributed by atoms with Gasteiger partial charge < -0.3 is 15.3 Å². The van der Waals surface area contributed by atoms with E-state index in [4.69, 9.17) is 5.11 Å². The van der Waals surface area contributed by atoms with E-state index >= 15 is 0 Å². The third kappa shape index (κ3) is 3.12. The quantitative estimate of drug-likeness (QED) is 0.572. The van der Waals surface area contributed by atoms with Gasteiger partial charge in [0, 0.05) is 5.92 Å². The Labute approximate surface area is 83.9 Å². The maximum Gasteiger partial charge on any atom is 0.308 e. The zero-order chi connectivity index (χ0) is 11.5. The molecule has 0 saturated heterocycles. The van der Waals surface area contributed by atoms with Gasteiger partial charge in [0.05, 0.1) is 18.1 Å². The van der Waals surface area contributed by atoms with Crippen molar-refractivity contribution in [3.63, 3.8) is 0 Å². The lowest BCUT2D eigenvalue weighted by molar-refractivity contribution is -0.146. The summed E-state index contributed by atoms with van der Waals surface area (Å²) in [5.41, 5.74) is 0.522. The van der Waals surface area contributed by atoms with E-state index in [2.05, 4.69) is 6.58 Å². The Balaban J connectivity index is 4.45. The predicted octanol–water partition coefficient (Wildman–Crippen LogP) is 0.641. The molecular formula is C10H18O4. The maximum atomic E-state index is 10.6. The normalized spacial score (nSPS) is 19.5. The van der Waals surface area contributed by atoms with Gasteiger partial charge in [-0.2, -0.15) is 0 Å². The Hall–Kier alpha value is -0.870. The minimum absolute atomic E-state index is 0.522. The molecule has 0 fully saturated rings. The lowest BCUT2D eigenvalue weighted by atomic mass is 9.87. The Morgan fingerprint density at radius 3 is 2.00 bits per heavy atom. The van der Waals surface area contributed by atoms with Crippen LogP contribution in [0.3, 0.4) is 0 Å². The summed E-state index contributed by atoms with van der Waals surface area (Å²) in [5, 5.41) is 27.8. The standard InChI is InChI=1S/C10H18O4/c1-5(2)8(11)6(3)9(12)7(4)10(13)14/h6-9,11-12H,1H2,2-4H3,(H,13,14)/t6-,7+,8-,9+/m0/s1. The lowest BCUT2D eigenvalue weighted by Gasteiger charge is -2.26. The van der Waals surface area contributed by atoms with Gasteiger partial charge in [0.1, 0.15) is 0 Å². The topological polar surface area (TPSA) is 77.8 Å². The van der Waals surface area contributed by atoms with E-state index in [9.17, 15) is 15.0 Å². The number of aliphatic hydroxyl groups excluding tert-OH is 2. The molecule has 0 heterocycles. The number of carboxylic acids is 1. The van der Waals surface area contributed by atoms with Gasteiger partial charge in [0.2, 0.25) is 0 Å². The van der Waals surface area contributed by atoms with Crippen LogP contribution >= 0.6 is 0 Å². The Bertz CT molecular complexity index is 200. The van der Waals surface area contributed by atoms with Gasteiger partial charge in [0.15, 0.2) is 0 Å². The van der Waals surface area contributed by atoms with Crippen molar-refractivity contribution in [1.82, 2.24) is 0 Å². The largest absolute Gasteiger partial charge is 0.481 e. The summed E-state index contributed by atoms with van der Waals surface area (Å²) in [5.74, 6) is -2.49. The SMILES string of the molecule is C=C(C)[C@H](O)[C@H](C)[C@@H](O)[C@@H](C)C(=O)O. The number of aliphatic hydroxyl groups is 2. The number of hydrogen-bond donors (Lipinski definition) is 3. The predicted molar refractivity (Wildman–Crippen MR) is 52.8 cm³/mol. The van der Waals surface area contributed by atoms with Gasteiger partial charge >= 0.3 is 5.97 Å². The first kappa shape index (κ1) is 13.1. The number of hydrogen-bond acceptors (Lipinski definition) is 3. The second-order valence-corrected chi connectivity index (χ2v) is 3.77. The summed E-state index contributed by atoms with van der Waals surface area (Å²) in [7, 11) is 0. The number of aliphatic carboxylic acids is 1. The fourth-order valence-corrected chi connectivity index (χ4v) is 1.24. The second-order valence-electron chi connectivity index (χ2n) is 3.77. The number of carboxylic acid groups (broad SMARTS) is 1. The van der Waals surface area contributed by atoms with Crippen molar-refractivity contribution < 1.29 is 20.1 Å². The molecule has 0 aromatic carbocycles. The minimum Gasteiger partial charge on any atom is -0.481 e. The highest BCUT2D eigenvalue weighted by Crippen LogP contribution is 2.20. The van der Waals surface area contributed by atoms with Crippen LogP contribution in [-0.4, -0.2) is 33.5 Å². The second kappa shape index (κ2) is 5.12. The average Bonchev–Trinajstić information content (AvgIpc) is 2.12. The van der Waals surface area contributed by atoms with Crippen molar-refractivity contribution in [3.8, 4) is 0 Å². The molecule has 4 heteroatoms. The number of carbonyl (C=O) groups is 1. The third-order valence-corrected chi connectivity index (χ3v) is 2.44. The van der Waals surface area contributed by atoms with Crippen molar-refractivity contribution in [2.24, 2.45) is 11.8 Å². The van der Waals surface area contributed by atoms with Crippen molar-refractivity contribution in [2.75, 3.05) is 0 Å². The van der Waals surface area contributed by atoms with Crippen LogP contribution in [0.5, 0.6) is 0 Å². The van der Waals surface area contributed by atoms with E-state index < -0.39 is 30.0 Å². The molecule has 3 N–H and O–H groups in total. The molecular weight excluding hydrogens is 184 g/mol. The lowest BCUT2D eigenvalue weighted by Crippen LogP contribution is -2.37. The van der Waals surface area contributed by atoms with E-state index in [1.165, 1.54) is 6.92 Å². The van der Waals surface area contributed by atoms with E-state index in [-0.39, 0.29) is 0 Å². The summed E-state index contributed by atoms with van der Waals surface area (Å²) in [6, 6.07) is 0. The van der Waals surface area contributed by atoms with Crippen molar-refractivity contribution in [2.45, 2.75) is 33.0 Å². The molecule has 4 atom stereocenters. The van der Waals surface area contributed by atoms with Gasteiger partial charge in [-0.25, -0.2) is 0 Å². The number of rotatable bonds is 5. The molecule has 0 spiro atoms. The molecule has 82 valence electrons. The fourth-order valence-electron chi connectivity index (χ4n) is 1.24. The highest BCUT2D eigenvalue weighted by Gasteiger charge is 2.30. The Morgan fingerprint density at radius 2 is 1.71 bits per heavy atom. The molecule has 0 amide bonds. The van der Waals surface area contributed by atoms with Crippen LogP contribution in [-0.2, 0) is 4.79 Å². The molecule has 0 aromatic heterocycles. The summed E-state index contributed by atoms with van der Waals surface area (Å²) in [4.78, 5) is 10.6.